The van der Waals surface area contributed by atoms with Gasteiger partial charge in [0.05, 0.1) is 17.0 Å². The molecule has 0 saturated carbocycles. The van der Waals surface area contributed by atoms with Crippen molar-refractivity contribution >= 4 is 11.3 Å². The van der Waals surface area contributed by atoms with Gasteiger partial charge in [0.1, 0.15) is 5.82 Å². The minimum atomic E-state index is 0.249. The highest BCUT2D eigenvalue weighted by atomic mass is 32.1. The van der Waals surface area contributed by atoms with Crippen molar-refractivity contribution in [1.82, 2.24) is 14.9 Å². The first-order chi connectivity index (χ1) is 10.3. The average Bonchev–Trinajstić information content (AvgIpc) is 3.20. The lowest BCUT2D eigenvalue weighted by Gasteiger charge is -2.26. The van der Waals surface area contributed by atoms with Gasteiger partial charge in [-0.05, 0) is 31.0 Å². The highest BCUT2D eigenvalue weighted by molar-refractivity contribution is 7.13. The van der Waals surface area contributed by atoms with Gasteiger partial charge in [0.15, 0.2) is 0 Å². The van der Waals surface area contributed by atoms with Crippen molar-refractivity contribution in [2.45, 2.75) is 19.0 Å². The maximum absolute atomic E-state index is 4.54. The number of nitrogens with zero attached hydrogens (tertiary/aromatic N) is 2. The molecule has 1 N–H and O–H groups in total. The Morgan fingerprint density at radius 2 is 1.95 bits per heavy atom. The molecule has 3 aromatic rings. The van der Waals surface area contributed by atoms with E-state index in [9.17, 15) is 0 Å². The van der Waals surface area contributed by atoms with Gasteiger partial charge in [-0.25, -0.2) is 4.98 Å². The molecule has 21 heavy (non-hydrogen) atoms. The van der Waals surface area contributed by atoms with Gasteiger partial charge in [0.25, 0.3) is 0 Å². The van der Waals surface area contributed by atoms with Crippen LogP contribution >= 0.6 is 11.3 Å². The van der Waals surface area contributed by atoms with Gasteiger partial charge in [0, 0.05) is 12.4 Å². The first-order valence-electron chi connectivity index (χ1n) is 7.10. The molecular formula is C17H19N3S. The van der Waals surface area contributed by atoms with Crippen LogP contribution in [-0.2, 0) is 0 Å². The SMILES string of the molecule is CNC(c1ccccc1)C(C)n1ccnc1-c1cccs1. The maximum atomic E-state index is 4.54. The number of hydrogen-bond acceptors (Lipinski definition) is 3. The average molecular weight is 297 g/mol. The zero-order valence-corrected chi connectivity index (χ0v) is 13.0. The van der Waals surface area contributed by atoms with Crippen LogP contribution in [0.5, 0.6) is 0 Å². The lowest BCUT2D eigenvalue weighted by molar-refractivity contribution is 0.404. The Morgan fingerprint density at radius 3 is 2.62 bits per heavy atom. The molecule has 0 radical (unpaired) electrons. The van der Waals surface area contributed by atoms with Crippen LogP contribution < -0.4 is 5.32 Å². The zero-order chi connectivity index (χ0) is 14.7. The Labute approximate surface area is 129 Å². The molecule has 2 heterocycles. The third-order valence-electron chi connectivity index (χ3n) is 3.80. The zero-order valence-electron chi connectivity index (χ0n) is 12.2. The summed E-state index contributed by atoms with van der Waals surface area (Å²) in [5, 5.41) is 5.52. The summed E-state index contributed by atoms with van der Waals surface area (Å²) in [6.07, 6.45) is 3.94. The minimum absolute atomic E-state index is 0.249. The number of thiophene rings is 1. The third kappa shape index (κ3) is 2.77. The molecule has 0 amide bonds. The number of imidazole rings is 1. The van der Waals surface area contributed by atoms with Crippen molar-refractivity contribution in [2.75, 3.05) is 7.05 Å². The molecule has 4 heteroatoms. The van der Waals surface area contributed by atoms with Gasteiger partial charge < -0.3 is 9.88 Å². The van der Waals surface area contributed by atoms with Crippen molar-refractivity contribution in [3.05, 3.63) is 65.8 Å². The Balaban J connectivity index is 1.95. The van der Waals surface area contributed by atoms with E-state index >= 15 is 0 Å². The summed E-state index contributed by atoms with van der Waals surface area (Å²) >= 11 is 1.72. The highest BCUT2D eigenvalue weighted by Crippen LogP contribution is 2.31. The molecule has 0 fully saturated rings. The molecule has 0 aliphatic carbocycles. The van der Waals surface area contributed by atoms with Crippen LogP contribution in [0.15, 0.2) is 60.2 Å². The topological polar surface area (TPSA) is 29.9 Å². The predicted octanol–water partition coefficient (Wildman–Crippen LogP) is 4.13. The molecule has 2 unspecified atom stereocenters. The number of rotatable bonds is 5. The van der Waals surface area contributed by atoms with Crippen LogP contribution in [0.25, 0.3) is 10.7 Å². The second kappa shape index (κ2) is 6.24. The smallest absolute Gasteiger partial charge is 0.150 e. The van der Waals surface area contributed by atoms with E-state index in [0.29, 0.717) is 0 Å². The minimum Gasteiger partial charge on any atom is -0.326 e. The summed E-state index contributed by atoms with van der Waals surface area (Å²) in [6, 6.07) is 15.3. The second-order valence-corrected chi connectivity index (χ2v) is 6.00. The monoisotopic (exact) mass is 297 g/mol. The van der Waals surface area contributed by atoms with Crippen molar-refractivity contribution in [2.24, 2.45) is 0 Å². The second-order valence-electron chi connectivity index (χ2n) is 5.05. The Morgan fingerprint density at radius 1 is 1.14 bits per heavy atom. The van der Waals surface area contributed by atoms with Crippen molar-refractivity contribution in [1.29, 1.82) is 0 Å². The molecule has 0 aliphatic heterocycles. The summed E-state index contributed by atoms with van der Waals surface area (Å²) in [5.41, 5.74) is 1.29. The van der Waals surface area contributed by atoms with Crippen LogP contribution in [0.1, 0.15) is 24.6 Å². The molecule has 1 aromatic carbocycles. The van der Waals surface area contributed by atoms with Crippen LogP contribution in [0.2, 0.25) is 0 Å². The van der Waals surface area contributed by atoms with Crippen molar-refractivity contribution < 1.29 is 0 Å². The fraction of sp³-hybridized carbons (Fsp3) is 0.235. The molecule has 2 aromatic heterocycles. The molecule has 0 bridgehead atoms. The number of likely N-dealkylation sites (N-methyl/N-ethyl adjacent to an activating group) is 1. The van der Waals surface area contributed by atoms with E-state index in [2.05, 4.69) is 75.8 Å². The van der Waals surface area contributed by atoms with Crippen LogP contribution in [0.4, 0.5) is 0 Å². The lowest BCUT2D eigenvalue weighted by atomic mass is 10.0. The quantitative estimate of drug-likeness (QED) is 0.767. The van der Waals surface area contributed by atoms with Crippen molar-refractivity contribution in [3.63, 3.8) is 0 Å². The van der Waals surface area contributed by atoms with Gasteiger partial charge in [-0.2, -0.15) is 0 Å². The number of nitrogens with one attached hydrogen (secondary N) is 1. The number of benzene rings is 1. The highest BCUT2D eigenvalue weighted by Gasteiger charge is 2.21. The predicted molar refractivity (Wildman–Crippen MR) is 88.5 cm³/mol. The van der Waals surface area contributed by atoms with E-state index in [1.807, 2.05) is 13.2 Å². The Kier molecular flexibility index (Phi) is 4.18. The Bertz CT molecular complexity index is 673. The summed E-state index contributed by atoms with van der Waals surface area (Å²) in [6.45, 7) is 2.23. The standard InChI is InChI=1S/C17H19N3S/c1-13(16(18-2)14-7-4-3-5-8-14)20-11-10-19-17(20)15-9-6-12-21-15/h3-13,16,18H,1-2H3. The van der Waals surface area contributed by atoms with Gasteiger partial charge in [0.2, 0.25) is 0 Å². The largest absolute Gasteiger partial charge is 0.326 e. The fourth-order valence-electron chi connectivity index (χ4n) is 2.75. The molecule has 2 atom stereocenters. The molecule has 3 rings (SSSR count). The molecular weight excluding hydrogens is 278 g/mol. The molecule has 3 nitrogen and oxygen atoms in total. The summed E-state index contributed by atoms with van der Waals surface area (Å²) in [5.74, 6) is 1.04. The van der Waals surface area contributed by atoms with Gasteiger partial charge in [-0.1, -0.05) is 36.4 Å². The molecule has 0 aliphatic rings. The van der Waals surface area contributed by atoms with Crippen LogP contribution in [-0.4, -0.2) is 16.6 Å². The van der Waals surface area contributed by atoms with E-state index in [4.69, 9.17) is 0 Å². The number of hydrogen-bond donors (Lipinski definition) is 1. The summed E-state index contributed by atoms with van der Waals surface area (Å²) in [7, 11) is 2.01. The van der Waals surface area contributed by atoms with Gasteiger partial charge in [-0.15, -0.1) is 11.3 Å². The molecule has 0 spiro atoms. The molecule has 108 valence electrons. The van der Waals surface area contributed by atoms with E-state index < -0.39 is 0 Å². The lowest BCUT2D eigenvalue weighted by Crippen LogP contribution is -2.26. The third-order valence-corrected chi connectivity index (χ3v) is 4.67. The maximum Gasteiger partial charge on any atom is 0.150 e. The van der Waals surface area contributed by atoms with Crippen LogP contribution in [0, 0.1) is 0 Å². The first-order valence-corrected chi connectivity index (χ1v) is 7.98. The Hall–Kier alpha value is -1.91. The van der Waals surface area contributed by atoms with E-state index in [1.165, 1.54) is 10.4 Å². The van der Waals surface area contributed by atoms with E-state index in [-0.39, 0.29) is 12.1 Å². The van der Waals surface area contributed by atoms with Gasteiger partial charge in [-0.3, -0.25) is 0 Å². The normalized spacial score (nSPS) is 14.0. The molecule has 0 saturated heterocycles. The number of aromatic nitrogens is 2. The van der Waals surface area contributed by atoms with E-state index in [1.54, 1.807) is 11.3 Å². The summed E-state index contributed by atoms with van der Waals surface area (Å²) in [4.78, 5) is 5.74. The van der Waals surface area contributed by atoms with Crippen molar-refractivity contribution in [3.8, 4) is 10.7 Å². The summed E-state index contributed by atoms with van der Waals surface area (Å²) < 4.78 is 2.25. The fourth-order valence-corrected chi connectivity index (χ4v) is 3.47. The van der Waals surface area contributed by atoms with Gasteiger partial charge >= 0.3 is 0 Å². The first kappa shape index (κ1) is 14.0. The van der Waals surface area contributed by atoms with E-state index in [0.717, 1.165) is 5.82 Å². The van der Waals surface area contributed by atoms with Crippen LogP contribution in [0.3, 0.4) is 0 Å².